The standard InChI is InChI=1S/C15H13F3O3/c1-20-14-8-10(6-7-12(14)19)9-21-13-5-3-2-4-11(13)15(16,17)18/h2-8,19H,9H2,1H3. The number of para-hydroxylation sites is 1. The smallest absolute Gasteiger partial charge is 0.419 e. The van der Waals surface area contributed by atoms with Crippen molar-refractivity contribution < 1.29 is 27.8 Å². The number of methoxy groups -OCH3 is 1. The van der Waals surface area contributed by atoms with E-state index in [0.29, 0.717) is 5.56 Å². The summed E-state index contributed by atoms with van der Waals surface area (Å²) < 4.78 is 48.6. The van der Waals surface area contributed by atoms with Gasteiger partial charge in [-0.25, -0.2) is 0 Å². The summed E-state index contributed by atoms with van der Waals surface area (Å²) in [6.07, 6.45) is -4.47. The Morgan fingerprint density at radius 3 is 2.43 bits per heavy atom. The van der Waals surface area contributed by atoms with Crippen LogP contribution in [0, 0.1) is 0 Å². The van der Waals surface area contributed by atoms with Gasteiger partial charge >= 0.3 is 6.18 Å². The lowest BCUT2D eigenvalue weighted by Gasteiger charge is -2.14. The number of aromatic hydroxyl groups is 1. The number of benzene rings is 2. The van der Waals surface area contributed by atoms with Crippen LogP contribution in [-0.2, 0) is 12.8 Å². The molecule has 0 saturated carbocycles. The zero-order chi connectivity index (χ0) is 15.5. The Hall–Kier alpha value is -2.37. The van der Waals surface area contributed by atoms with Crippen molar-refractivity contribution in [2.24, 2.45) is 0 Å². The van der Waals surface area contributed by atoms with Gasteiger partial charge in [-0.15, -0.1) is 0 Å². The summed E-state index contributed by atoms with van der Waals surface area (Å²) in [5, 5.41) is 9.46. The van der Waals surface area contributed by atoms with Crippen LogP contribution in [0.15, 0.2) is 42.5 Å². The SMILES string of the molecule is COc1cc(COc2ccccc2C(F)(F)F)ccc1O. The number of hydrogen-bond donors (Lipinski definition) is 1. The van der Waals surface area contributed by atoms with Gasteiger partial charge in [0.25, 0.3) is 0 Å². The van der Waals surface area contributed by atoms with E-state index < -0.39 is 11.7 Å². The van der Waals surface area contributed by atoms with Crippen molar-refractivity contribution in [1.82, 2.24) is 0 Å². The fourth-order valence-electron chi connectivity index (χ4n) is 1.80. The second-order valence-corrected chi connectivity index (χ2v) is 4.29. The highest BCUT2D eigenvalue weighted by Crippen LogP contribution is 2.36. The van der Waals surface area contributed by atoms with E-state index in [0.717, 1.165) is 6.07 Å². The summed E-state index contributed by atoms with van der Waals surface area (Å²) in [5.74, 6) is -0.0470. The number of ether oxygens (including phenoxy) is 2. The Morgan fingerprint density at radius 1 is 1.05 bits per heavy atom. The van der Waals surface area contributed by atoms with Crippen molar-refractivity contribution in [3.63, 3.8) is 0 Å². The summed E-state index contributed by atoms with van der Waals surface area (Å²) in [4.78, 5) is 0. The van der Waals surface area contributed by atoms with E-state index in [4.69, 9.17) is 9.47 Å². The second kappa shape index (κ2) is 5.95. The second-order valence-electron chi connectivity index (χ2n) is 4.29. The fourth-order valence-corrected chi connectivity index (χ4v) is 1.80. The monoisotopic (exact) mass is 298 g/mol. The maximum absolute atomic E-state index is 12.8. The molecule has 2 aromatic carbocycles. The molecule has 2 aromatic rings. The van der Waals surface area contributed by atoms with Gasteiger partial charge in [0, 0.05) is 0 Å². The summed E-state index contributed by atoms with van der Waals surface area (Å²) in [7, 11) is 1.39. The molecule has 0 saturated heterocycles. The maximum atomic E-state index is 12.8. The molecule has 21 heavy (non-hydrogen) atoms. The molecule has 0 bridgehead atoms. The van der Waals surface area contributed by atoms with Crippen LogP contribution in [0.1, 0.15) is 11.1 Å². The van der Waals surface area contributed by atoms with E-state index in [1.54, 1.807) is 6.07 Å². The van der Waals surface area contributed by atoms with Gasteiger partial charge in [0.2, 0.25) is 0 Å². The third kappa shape index (κ3) is 3.59. The molecule has 0 aromatic heterocycles. The number of rotatable bonds is 4. The molecule has 0 atom stereocenters. The van der Waals surface area contributed by atoms with E-state index in [9.17, 15) is 18.3 Å². The van der Waals surface area contributed by atoms with E-state index in [-0.39, 0.29) is 23.9 Å². The van der Waals surface area contributed by atoms with Gasteiger partial charge in [-0.2, -0.15) is 13.2 Å². The van der Waals surface area contributed by atoms with Crippen LogP contribution in [0.4, 0.5) is 13.2 Å². The number of phenols is 1. The number of phenolic OH excluding ortho intramolecular Hbond substituents is 1. The Morgan fingerprint density at radius 2 is 1.76 bits per heavy atom. The van der Waals surface area contributed by atoms with Crippen molar-refractivity contribution in [1.29, 1.82) is 0 Å². The highest BCUT2D eigenvalue weighted by molar-refractivity contribution is 5.42. The molecule has 0 spiro atoms. The van der Waals surface area contributed by atoms with Gasteiger partial charge in [0.1, 0.15) is 12.4 Å². The average Bonchev–Trinajstić information content (AvgIpc) is 2.45. The van der Waals surface area contributed by atoms with Crippen LogP contribution < -0.4 is 9.47 Å². The first-order valence-corrected chi connectivity index (χ1v) is 6.06. The van der Waals surface area contributed by atoms with Crippen molar-refractivity contribution >= 4 is 0 Å². The van der Waals surface area contributed by atoms with Gasteiger partial charge < -0.3 is 14.6 Å². The molecule has 0 aliphatic rings. The first-order chi connectivity index (χ1) is 9.91. The lowest BCUT2D eigenvalue weighted by Crippen LogP contribution is -2.08. The molecule has 2 rings (SSSR count). The summed E-state index contributed by atoms with van der Waals surface area (Å²) >= 11 is 0. The molecule has 0 radical (unpaired) electrons. The highest BCUT2D eigenvalue weighted by Gasteiger charge is 2.33. The van der Waals surface area contributed by atoms with E-state index in [2.05, 4.69) is 0 Å². The minimum absolute atomic E-state index is 0.0445. The molecule has 3 nitrogen and oxygen atoms in total. The predicted octanol–water partition coefficient (Wildman–Crippen LogP) is 4.00. The van der Waals surface area contributed by atoms with Gasteiger partial charge in [-0.05, 0) is 29.8 Å². The number of halogens is 3. The molecule has 0 heterocycles. The predicted molar refractivity (Wildman–Crippen MR) is 70.4 cm³/mol. The third-order valence-electron chi connectivity index (χ3n) is 2.83. The lowest BCUT2D eigenvalue weighted by atomic mass is 10.2. The molecule has 0 amide bonds. The molecular formula is C15H13F3O3. The summed E-state index contributed by atoms with van der Waals surface area (Å²) in [6, 6.07) is 9.46. The maximum Gasteiger partial charge on any atom is 0.419 e. The van der Waals surface area contributed by atoms with Crippen LogP contribution in [0.2, 0.25) is 0 Å². The lowest BCUT2D eigenvalue weighted by molar-refractivity contribution is -0.139. The molecule has 112 valence electrons. The molecule has 0 aliphatic heterocycles. The minimum Gasteiger partial charge on any atom is -0.504 e. The largest absolute Gasteiger partial charge is 0.504 e. The molecule has 0 aliphatic carbocycles. The first-order valence-electron chi connectivity index (χ1n) is 6.06. The van der Waals surface area contributed by atoms with E-state index in [1.807, 2.05) is 0 Å². The van der Waals surface area contributed by atoms with E-state index >= 15 is 0 Å². The zero-order valence-electron chi connectivity index (χ0n) is 11.1. The highest BCUT2D eigenvalue weighted by atomic mass is 19.4. The number of alkyl halides is 3. The average molecular weight is 298 g/mol. The Bertz CT molecular complexity index is 624. The first kappa shape index (κ1) is 15.0. The van der Waals surface area contributed by atoms with Crippen LogP contribution >= 0.6 is 0 Å². The van der Waals surface area contributed by atoms with Crippen molar-refractivity contribution in [2.45, 2.75) is 12.8 Å². The molecule has 0 unspecified atom stereocenters. The van der Waals surface area contributed by atoms with Gasteiger partial charge in [-0.3, -0.25) is 0 Å². The zero-order valence-corrected chi connectivity index (χ0v) is 11.1. The van der Waals surface area contributed by atoms with Gasteiger partial charge in [0.15, 0.2) is 11.5 Å². The molecule has 1 N–H and O–H groups in total. The van der Waals surface area contributed by atoms with Crippen molar-refractivity contribution in [3.8, 4) is 17.2 Å². The quantitative estimate of drug-likeness (QED) is 0.927. The molecule has 0 fully saturated rings. The van der Waals surface area contributed by atoms with Gasteiger partial charge in [-0.1, -0.05) is 18.2 Å². The van der Waals surface area contributed by atoms with Crippen molar-refractivity contribution in [2.75, 3.05) is 7.11 Å². The van der Waals surface area contributed by atoms with E-state index in [1.165, 1.54) is 37.4 Å². The molecular weight excluding hydrogens is 285 g/mol. The van der Waals surface area contributed by atoms with Gasteiger partial charge in [0.05, 0.1) is 12.7 Å². The molecule has 6 heteroatoms. The van der Waals surface area contributed by atoms with Crippen LogP contribution in [0.3, 0.4) is 0 Å². The summed E-state index contributed by atoms with van der Waals surface area (Å²) in [6.45, 7) is -0.0657. The Labute approximate surface area is 119 Å². The van der Waals surface area contributed by atoms with Crippen LogP contribution in [0.25, 0.3) is 0 Å². The minimum atomic E-state index is -4.47. The Balaban J connectivity index is 2.17. The summed E-state index contributed by atoms with van der Waals surface area (Å²) in [5.41, 5.74) is -0.239. The fraction of sp³-hybridized carbons (Fsp3) is 0.200. The van der Waals surface area contributed by atoms with Crippen LogP contribution in [0.5, 0.6) is 17.2 Å². The van der Waals surface area contributed by atoms with Crippen LogP contribution in [-0.4, -0.2) is 12.2 Å². The normalized spacial score (nSPS) is 11.2. The Kier molecular flexibility index (Phi) is 4.26. The third-order valence-corrected chi connectivity index (χ3v) is 2.83. The van der Waals surface area contributed by atoms with Crippen molar-refractivity contribution in [3.05, 3.63) is 53.6 Å². The topological polar surface area (TPSA) is 38.7 Å². The number of hydrogen-bond acceptors (Lipinski definition) is 3.